The van der Waals surface area contributed by atoms with Crippen LogP contribution in [0.15, 0.2) is 12.2 Å². The van der Waals surface area contributed by atoms with Gasteiger partial charge in [-0.05, 0) is 24.7 Å². The van der Waals surface area contributed by atoms with Gasteiger partial charge in [0.2, 0.25) is 0 Å². The van der Waals surface area contributed by atoms with Gasteiger partial charge in [-0.3, -0.25) is 0 Å². The Kier molecular flexibility index (Phi) is 7.16. The van der Waals surface area contributed by atoms with Crippen molar-refractivity contribution in [1.82, 2.24) is 0 Å². The predicted octanol–water partition coefficient (Wildman–Crippen LogP) is 4.50. The largest absolute Gasteiger partial charge is 0.459 e. The monoisotopic (exact) mass is 280 g/mol. The van der Waals surface area contributed by atoms with E-state index in [1.54, 1.807) is 0 Å². The molecule has 0 aliphatic carbocycles. The van der Waals surface area contributed by atoms with E-state index in [0.717, 1.165) is 12.8 Å². The minimum Gasteiger partial charge on any atom is -0.459 e. The Labute approximate surface area is 113 Å². The molecule has 0 N–H and O–H groups in total. The number of hydrogen-bond donors (Lipinski definition) is 0. The summed E-state index contributed by atoms with van der Waals surface area (Å²) in [5.41, 5.74) is -1.44. The Hall–Kier alpha value is -1.00. The summed E-state index contributed by atoms with van der Waals surface area (Å²) in [4.78, 5) is 11.4. The second-order valence-corrected chi connectivity index (χ2v) is 5.49. The standard InChI is InChI=1S/C14H23F3O2/c1-9(2)7-6-8-12(10(3)4)19-13(18)11(5)14(15,16)17/h9-10,12H,5-8H2,1-4H3. The lowest BCUT2D eigenvalue weighted by Gasteiger charge is -2.22. The van der Waals surface area contributed by atoms with Gasteiger partial charge >= 0.3 is 12.1 Å². The average molecular weight is 280 g/mol. The highest BCUT2D eigenvalue weighted by molar-refractivity contribution is 5.89. The van der Waals surface area contributed by atoms with E-state index in [1.165, 1.54) is 0 Å². The molecule has 0 saturated heterocycles. The van der Waals surface area contributed by atoms with Crippen molar-refractivity contribution in [3.05, 3.63) is 12.2 Å². The van der Waals surface area contributed by atoms with Crippen molar-refractivity contribution < 1.29 is 22.7 Å². The fraction of sp³-hybridized carbons (Fsp3) is 0.786. The number of rotatable bonds is 7. The van der Waals surface area contributed by atoms with Gasteiger partial charge in [-0.2, -0.15) is 13.2 Å². The average Bonchev–Trinajstić information content (AvgIpc) is 2.24. The summed E-state index contributed by atoms with van der Waals surface area (Å²) in [5.74, 6) is -0.860. The zero-order chi connectivity index (χ0) is 15.2. The smallest absolute Gasteiger partial charge is 0.422 e. The molecule has 0 aliphatic heterocycles. The van der Waals surface area contributed by atoms with Crippen molar-refractivity contribution in [3.8, 4) is 0 Å². The molecule has 0 aromatic carbocycles. The van der Waals surface area contributed by atoms with E-state index in [2.05, 4.69) is 20.4 Å². The number of halogens is 3. The maximum Gasteiger partial charge on any atom is 0.422 e. The number of hydrogen-bond acceptors (Lipinski definition) is 2. The van der Waals surface area contributed by atoms with Crippen LogP contribution in [0.4, 0.5) is 13.2 Å². The van der Waals surface area contributed by atoms with E-state index in [-0.39, 0.29) is 5.92 Å². The SMILES string of the molecule is C=C(C(=O)OC(CCCC(C)C)C(C)C)C(F)(F)F. The van der Waals surface area contributed by atoms with Crippen molar-refractivity contribution in [2.45, 2.75) is 59.2 Å². The van der Waals surface area contributed by atoms with Crippen LogP contribution in [0, 0.1) is 11.8 Å². The van der Waals surface area contributed by atoms with E-state index in [4.69, 9.17) is 4.74 Å². The first-order valence-electron chi connectivity index (χ1n) is 6.52. The number of ether oxygens (including phenoxy) is 1. The molecular weight excluding hydrogens is 257 g/mol. The topological polar surface area (TPSA) is 26.3 Å². The highest BCUT2D eigenvalue weighted by Gasteiger charge is 2.38. The lowest BCUT2D eigenvalue weighted by molar-refractivity contribution is -0.157. The van der Waals surface area contributed by atoms with Gasteiger partial charge in [-0.15, -0.1) is 0 Å². The Balaban J connectivity index is 4.43. The van der Waals surface area contributed by atoms with Crippen LogP contribution in [0.25, 0.3) is 0 Å². The van der Waals surface area contributed by atoms with Crippen molar-refractivity contribution in [2.75, 3.05) is 0 Å². The third kappa shape index (κ3) is 7.23. The normalized spacial score (nSPS) is 13.7. The first-order valence-corrected chi connectivity index (χ1v) is 6.52. The molecular formula is C14H23F3O2. The summed E-state index contributed by atoms with van der Waals surface area (Å²) >= 11 is 0. The van der Waals surface area contributed by atoms with E-state index < -0.39 is 23.8 Å². The van der Waals surface area contributed by atoms with Crippen molar-refractivity contribution in [2.24, 2.45) is 11.8 Å². The molecule has 0 rings (SSSR count). The Morgan fingerprint density at radius 2 is 1.68 bits per heavy atom. The lowest BCUT2D eigenvalue weighted by Crippen LogP contribution is -2.28. The van der Waals surface area contributed by atoms with Gasteiger partial charge in [0.25, 0.3) is 0 Å². The molecule has 0 aliphatic rings. The summed E-state index contributed by atoms with van der Waals surface area (Å²) in [7, 11) is 0. The highest BCUT2D eigenvalue weighted by atomic mass is 19.4. The second kappa shape index (κ2) is 7.56. The highest BCUT2D eigenvalue weighted by Crippen LogP contribution is 2.26. The number of carbonyl (C=O) groups excluding carboxylic acids is 1. The fourth-order valence-corrected chi connectivity index (χ4v) is 1.58. The third-order valence-electron chi connectivity index (χ3n) is 2.86. The molecule has 2 nitrogen and oxygen atoms in total. The molecule has 0 heterocycles. The molecule has 0 fully saturated rings. The maximum absolute atomic E-state index is 12.3. The molecule has 1 atom stereocenters. The zero-order valence-electron chi connectivity index (χ0n) is 12.0. The summed E-state index contributed by atoms with van der Waals surface area (Å²) in [5, 5.41) is 0. The molecule has 0 saturated carbocycles. The van der Waals surface area contributed by atoms with Crippen LogP contribution in [-0.2, 0) is 9.53 Å². The predicted molar refractivity (Wildman–Crippen MR) is 68.6 cm³/mol. The molecule has 0 amide bonds. The Bertz CT molecular complexity index is 306. The van der Waals surface area contributed by atoms with E-state index in [1.807, 2.05) is 13.8 Å². The van der Waals surface area contributed by atoms with Gasteiger partial charge in [0.15, 0.2) is 0 Å². The van der Waals surface area contributed by atoms with Crippen LogP contribution in [0.3, 0.4) is 0 Å². The van der Waals surface area contributed by atoms with E-state index >= 15 is 0 Å². The van der Waals surface area contributed by atoms with Gasteiger partial charge in [-0.25, -0.2) is 4.79 Å². The summed E-state index contributed by atoms with van der Waals surface area (Å²) in [6.07, 6.45) is -2.86. The quantitative estimate of drug-likeness (QED) is 0.507. The van der Waals surface area contributed by atoms with Gasteiger partial charge in [0.1, 0.15) is 11.7 Å². The van der Waals surface area contributed by atoms with Gasteiger partial charge < -0.3 is 4.74 Å². The molecule has 0 aromatic rings. The van der Waals surface area contributed by atoms with Crippen molar-refractivity contribution in [1.29, 1.82) is 0 Å². The third-order valence-corrected chi connectivity index (χ3v) is 2.86. The second-order valence-electron chi connectivity index (χ2n) is 5.49. The van der Waals surface area contributed by atoms with Crippen LogP contribution < -0.4 is 0 Å². The number of esters is 1. The number of alkyl halides is 3. The van der Waals surface area contributed by atoms with Gasteiger partial charge in [0.05, 0.1) is 0 Å². The van der Waals surface area contributed by atoms with Gasteiger partial charge in [0, 0.05) is 0 Å². The minimum absolute atomic E-state index is 0.0165. The molecule has 0 bridgehead atoms. The van der Waals surface area contributed by atoms with Gasteiger partial charge in [-0.1, -0.05) is 40.7 Å². The summed E-state index contributed by atoms with van der Waals surface area (Å²) in [6.45, 7) is 10.5. The molecule has 5 heteroatoms. The minimum atomic E-state index is -4.73. The van der Waals surface area contributed by atoms with Crippen LogP contribution in [0.1, 0.15) is 47.0 Å². The van der Waals surface area contributed by atoms with Crippen LogP contribution in [0.2, 0.25) is 0 Å². The van der Waals surface area contributed by atoms with Crippen LogP contribution in [0.5, 0.6) is 0 Å². The molecule has 19 heavy (non-hydrogen) atoms. The fourth-order valence-electron chi connectivity index (χ4n) is 1.58. The molecule has 1 unspecified atom stereocenters. The summed E-state index contributed by atoms with van der Waals surface area (Å²) in [6, 6.07) is 0. The Morgan fingerprint density at radius 3 is 2.05 bits per heavy atom. The van der Waals surface area contributed by atoms with E-state index in [0.29, 0.717) is 12.3 Å². The van der Waals surface area contributed by atoms with Crippen molar-refractivity contribution >= 4 is 5.97 Å². The van der Waals surface area contributed by atoms with E-state index in [9.17, 15) is 18.0 Å². The Morgan fingerprint density at radius 1 is 1.16 bits per heavy atom. The zero-order valence-corrected chi connectivity index (χ0v) is 12.0. The lowest BCUT2D eigenvalue weighted by atomic mass is 9.98. The first-order chi connectivity index (χ1) is 8.55. The van der Waals surface area contributed by atoms with Crippen LogP contribution in [-0.4, -0.2) is 18.2 Å². The molecule has 0 radical (unpaired) electrons. The summed E-state index contributed by atoms with van der Waals surface area (Å²) < 4.78 is 41.8. The molecule has 112 valence electrons. The first kappa shape index (κ1) is 18.0. The van der Waals surface area contributed by atoms with Crippen molar-refractivity contribution in [3.63, 3.8) is 0 Å². The maximum atomic E-state index is 12.3. The molecule has 0 spiro atoms. The molecule has 0 aromatic heterocycles. The van der Waals surface area contributed by atoms with Crippen LogP contribution >= 0.6 is 0 Å². The number of carbonyl (C=O) groups is 1.